The lowest BCUT2D eigenvalue weighted by Gasteiger charge is -2.35. The molecule has 126 valence electrons. The monoisotopic (exact) mass is 327 g/mol. The van der Waals surface area contributed by atoms with Crippen molar-refractivity contribution in [2.75, 3.05) is 26.3 Å². The maximum absolute atomic E-state index is 13.1. The number of carbonyl (C=O) groups excluding carboxylic acids is 1. The number of aromatic amines is 1. The second kappa shape index (κ2) is 6.75. The topological polar surface area (TPSA) is 67.5 Å². The number of carbonyl (C=O) groups is 1. The number of amides is 1. The molecule has 6 nitrogen and oxygen atoms in total. The van der Waals surface area contributed by atoms with Crippen molar-refractivity contribution in [3.63, 3.8) is 0 Å². The van der Waals surface area contributed by atoms with E-state index in [-0.39, 0.29) is 18.1 Å². The molecule has 1 aromatic heterocycles. The van der Waals surface area contributed by atoms with E-state index >= 15 is 0 Å². The van der Waals surface area contributed by atoms with Crippen LogP contribution in [-0.4, -0.2) is 59.5 Å². The average Bonchev–Trinajstić information content (AvgIpc) is 3.35. The third-order valence-electron chi connectivity index (χ3n) is 4.73. The SMILES string of the molecule is O=C(c1ccccc1-c1cn[nH]c1)N1CCOC(C2CCCO2)C1. The largest absolute Gasteiger partial charge is 0.375 e. The van der Waals surface area contributed by atoms with Crippen molar-refractivity contribution in [2.45, 2.75) is 25.0 Å². The first-order valence-electron chi connectivity index (χ1n) is 8.43. The van der Waals surface area contributed by atoms with E-state index in [0.717, 1.165) is 30.6 Å². The molecular weight excluding hydrogens is 306 g/mol. The van der Waals surface area contributed by atoms with Crippen molar-refractivity contribution in [3.8, 4) is 11.1 Å². The maximum Gasteiger partial charge on any atom is 0.254 e. The molecule has 2 unspecified atom stereocenters. The number of H-pyrrole nitrogens is 1. The summed E-state index contributed by atoms with van der Waals surface area (Å²) < 4.78 is 11.6. The molecule has 2 aliphatic heterocycles. The summed E-state index contributed by atoms with van der Waals surface area (Å²) in [4.78, 5) is 15.0. The predicted octanol–water partition coefficient (Wildman–Crippen LogP) is 2.10. The number of hydrogen-bond donors (Lipinski definition) is 1. The Morgan fingerprint density at radius 1 is 1.21 bits per heavy atom. The third kappa shape index (κ3) is 2.95. The Morgan fingerprint density at radius 2 is 2.08 bits per heavy atom. The van der Waals surface area contributed by atoms with Crippen LogP contribution >= 0.6 is 0 Å². The van der Waals surface area contributed by atoms with E-state index in [1.54, 1.807) is 12.4 Å². The molecule has 2 fully saturated rings. The molecule has 2 aromatic rings. The van der Waals surface area contributed by atoms with Crippen LogP contribution in [-0.2, 0) is 9.47 Å². The highest BCUT2D eigenvalue weighted by Crippen LogP contribution is 2.26. The molecule has 0 aliphatic carbocycles. The Balaban J connectivity index is 1.55. The van der Waals surface area contributed by atoms with E-state index in [1.807, 2.05) is 29.2 Å². The molecule has 2 atom stereocenters. The fourth-order valence-corrected chi connectivity index (χ4v) is 3.47. The van der Waals surface area contributed by atoms with Gasteiger partial charge in [0.25, 0.3) is 5.91 Å². The van der Waals surface area contributed by atoms with Crippen molar-refractivity contribution in [1.29, 1.82) is 0 Å². The molecular formula is C18H21N3O3. The van der Waals surface area contributed by atoms with Crippen LogP contribution in [0.25, 0.3) is 11.1 Å². The van der Waals surface area contributed by atoms with Gasteiger partial charge in [0.2, 0.25) is 0 Å². The first kappa shape index (κ1) is 15.4. The predicted molar refractivity (Wildman–Crippen MR) is 88.6 cm³/mol. The van der Waals surface area contributed by atoms with Crippen molar-refractivity contribution in [3.05, 3.63) is 42.2 Å². The van der Waals surface area contributed by atoms with E-state index in [9.17, 15) is 4.79 Å². The van der Waals surface area contributed by atoms with Crippen LogP contribution < -0.4 is 0 Å². The first-order valence-corrected chi connectivity index (χ1v) is 8.43. The molecule has 3 heterocycles. The van der Waals surface area contributed by atoms with E-state index in [2.05, 4.69) is 10.2 Å². The lowest BCUT2D eigenvalue weighted by molar-refractivity contribution is -0.0867. The summed E-state index contributed by atoms with van der Waals surface area (Å²) in [6.07, 6.45) is 5.72. The van der Waals surface area contributed by atoms with Crippen molar-refractivity contribution < 1.29 is 14.3 Å². The zero-order valence-electron chi connectivity index (χ0n) is 13.5. The van der Waals surface area contributed by atoms with Crippen LogP contribution in [0, 0.1) is 0 Å². The quantitative estimate of drug-likeness (QED) is 0.937. The molecule has 1 aromatic carbocycles. The van der Waals surface area contributed by atoms with Gasteiger partial charge >= 0.3 is 0 Å². The number of hydrogen-bond acceptors (Lipinski definition) is 4. The molecule has 2 aliphatic rings. The van der Waals surface area contributed by atoms with Gasteiger partial charge < -0.3 is 14.4 Å². The zero-order valence-corrected chi connectivity index (χ0v) is 13.5. The third-order valence-corrected chi connectivity index (χ3v) is 4.73. The van der Waals surface area contributed by atoms with Gasteiger partial charge in [-0.2, -0.15) is 5.10 Å². The summed E-state index contributed by atoms with van der Waals surface area (Å²) in [5.41, 5.74) is 2.52. The number of morpholine rings is 1. The zero-order chi connectivity index (χ0) is 16.4. The van der Waals surface area contributed by atoms with E-state index in [1.165, 1.54) is 0 Å². The van der Waals surface area contributed by atoms with Crippen LogP contribution in [0.4, 0.5) is 0 Å². The lowest BCUT2D eigenvalue weighted by Crippen LogP contribution is -2.49. The molecule has 0 bridgehead atoms. The highest BCUT2D eigenvalue weighted by atomic mass is 16.5. The van der Waals surface area contributed by atoms with Crippen molar-refractivity contribution in [2.24, 2.45) is 0 Å². The minimum absolute atomic E-state index is 0.0220. The van der Waals surface area contributed by atoms with Crippen LogP contribution in [0.15, 0.2) is 36.7 Å². The fraction of sp³-hybridized carbons (Fsp3) is 0.444. The van der Waals surface area contributed by atoms with Crippen molar-refractivity contribution in [1.82, 2.24) is 15.1 Å². The number of nitrogens with one attached hydrogen (secondary N) is 1. The average molecular weight is 327 g/mol. The van der Waals surface area contributed by atoms with Gasteiger partial charge in [-0.05, 0) is 24.5 Å². The highest BCUT2D eigenvalue weighted by Gasteiger charge is 2.33. The molecule has 2 saturated heterocycles. The number of rotatable bonds is 3. The van der Waals surface area contributed by atoms with E-state index in [4.69, 9.17) is 9.47 Å². The number of aromatic nitrogens is 2. The van der Waals surface area contributed by atoms with Gasteiger partial charge in [-0.3, -0.25) is 9.89 Å². The Kier molecular flexibility index (Phi) is 4.32. The summed E-state index contributed by atoms with van der Waals surface area (Å²) in [5.74, 6) is 0.0399. The number of ether oxygens (including phenoxy) is 2. The minimum Gasteiger partial charge on any atom is -0.375 e. The Morgan fingerprint density at radius 3 is 2.88 bits per heavy atom. The Bertz CT molecular complexity index is 695. The molecule has 0 saturated carbocycles. The molecule has 1 amide bonds. The minimum atomic E-state index is -0.0220. The fourth-order valence-electron chi connectivity index (χ4n) is 3.47. The number of nitrogens with zero attached hydrogens (tertiary/aromatic N) is 2. The van der Waals surface area contributed by atoms with Crippen LogP contribution in [0.1, 0.15) is 23.2 Å². The Labute approximate surface area is 140 Å². The van der Waals surface area contributed by atoms with Gasteiger partial charge in [-0.25, -0.2) is 0 Å². The molecule has 24 heavy (non-hydrogen) atoms. The van der Waals surface area contributed by atoms with Gasteiger partial charge in [0, 0.05) is 37.0 Å². The normalized spacial score (nSPS) is 24.2. The standard InChI is InChI=1S/C18H21N3O3/c22-18(15-5-2-1-4-14(15)13-10-19-20-11-13)21-7-9-24-17(12-21)16-6-3-8-23-16/h1-2,4-5,10-11,16-17H,3,6-9,12H2,(H,19,20). The smallest absolute Gasteiger partial charge is 0.254 e. The Hall–Kier alpha value is -2.18. The molecule has 6 heteroatoms. The maximum atomic E-state index is 13.1. The van der Waals surface area contributed by atoms with E-state index in [0.29, 0.717) is 25.3 Å². The first-order chi connectivity index (χ1) is 11.8. The summed E-state index contributed by atoms with van der Waals surface area (Å²) in [7, 11) is 0. The second-order valence-electron chi connectivity index (χ2n) is 6.24. The van der Waals surface area contributed by atoms with Crippen LogP contribution in [0.3, 0.4) is 0 Å². The van der Waals surface area contributed by atoms with Gasteiger partial charge in [-0.1, -0.05) is 18.2 Å². The molecule has 4 rings (SSSR count). The van der Waals surface area contributed by atoms with Crippen molar-refractivity contribution >= 4 is 5.91 Å². The molecule has 0 spiro atoms. The second-order valence-corrected chi connectivity index (χ2v) is 6.24. The highest BCUT2D eigenvalue weighted by molar-refractivity contribution is 6.00. The lowest BCUT2D eigenvalue weighted by atomic mass is 10.0. The molecule has 0 radical (unpaired) electrons. The summed E-state index contributed by atoms with van der Waals surface area (Å²) >= 11 is 0. The van der Waals surface area contributed by atoms with Crippen LogP contribution in [0.2, 0.25) is 0 Å². The number of benzene rings is 1. The summed E-state index contributed by atoms with van der Waals surface area (Å²) in [5, 5.41) is 6.80. The summed E-state index contributed by atoms with van der Waals surface area (Å²) in [6.45, 7) is 2.55. The van der Waals surface area contributed by atoms with Gasteiger partial charge in [0.1, 0.15) is 6.10 Å². The van der Waals surface area contributed by atoms with Gasteiger partial charge in [-0.15, -0.1) is 0 Å². The van der Waals surface area contributed by atoms with E-state index < -0.39 is 0 Å². The van der Waals surface area contributed by atoms with Crippen LogP contribution in [0.5, 0.6) is 0 Å². The van der Waals surface area contributed by atoms with Gasteiger partial charge in [0.15, 0.2) is 0 Å². The summed E-state index contributed by atoms with van der Waals surface area (Å²) in [6, 6.07) is 7.67. The molecule has 1 N–H and O–H groups in total. The van der Waals surface area contributed by atoms with Gasteiger partial charge in [0.05, 0.1) is 18.9 Å².